The summed E-state index contributed by atoms with van der Waals surface area (Å²) >= 11 is 0.0556. The normalized spacial score (nSPS) is 3.43. The molecule has 3 heteroatoms. The Morgan fingerprint density at radius 3 is 1.29 bits per heavy atom. The van der Waals surface area contributed by atoms with Crippen LogP contribution in [0.2, 0.25) is 0 Å². The van der Waals surface area contributed by atoms with Crippen molar-refractivity contribution in [2.24, 2.45) is 0 Å². The van der Waals surface area contributed by atoms with Crippen LogP contribution >= 0.6 is 0 Å². The Hall–Kier alpha value is 0.603. The number of hydrogen-bond donors (Lipinski definition) is 0. The van der Waals surface area contributed by atoms with Gasteiger partial charge in [0.25, 0.3) is 0 Å². The van der Waals surface area contributed by atoms with Gasteiger partial charge in [0.15, 0.2) is 0 Å². The smallest absolute Gasteiger partial charge is 1.00 e. The van der Waals surface area contributed by atoms with Crippen LogP contribution in [0.4, 0.5) is 0 Å². The fourth-order valence-electron chi connectivity index (χ4n) is 0.0833. The van der Waals surface area contributed by atoms with E-state index in [-0.39, 0.29) is 40.2 Å². The van der Waals surface area contributed by atoms with Gasteiger partial charge in [-0.2, -0.15) is 0 Å². The third-order valence-corrected chi connectivity index (χ3v) is 1.22. The van der Waals surface area contributed by atoms with E-state index in [1.807, 2.05) is 9.82 Å². The second-order valence-electron chi connectivity index (χ2n) is 0.575. The van der Waals surface area contributed by atoms with Gasteiger partial charge < -0.3 is 24.8 Å². The fourth-order valence-corrected chi connectivity index (χ4v) is 0.433. The number of halogens is 2. The van der Waals surface area contributed by atoms with Crippen LogP contribution in [0.15, 0.2) is 23.0 Å². The molecule has 7 heavy (non-hydrogen) atoms. The Kier molecular flexibility index (Phi) is 35.7. The van der Waals surface area contributed by atoms with Gasteiger partial charge in [-0.25, -0.2) is 0 Å². The molecule has 0 unspecified atom stereocenters. The van der Waals surface area contributed by atoms with Crippen LogP contribution in [0.25, 0.3) is 0 Å². The molecular weight excluding hydrogens is 192 g/mol. The van der Waals surface area contributed by atoms with E-state index in [0.29, 0.717) is 0 Å². The van der Waals surface area contributed by atoms with Crippen LogP contribution in [-0.4, -0.2) is 15.4 Å². The summed E-state index contributed by atoms with van der Waals surface area (Å²) < 4.78 is 0. The van der Waals surface area contributed by atoms with E-state index >= 15 is 0 Å². The van der Waals surface area contributed by atoms with Crippen molar-refractivity contribution in [2.75, 3.05) is 0 Å². The third kappa shape index (κ3) is 20.6. The van der Waals surface area contributed by atoms with E-state index in [0.717, 1.165) is 0 Å². The minimum Gasteiger partial charge on any atom is -1.00 e. The second-order valence-corrected chi connectivity index (χ2v) is 2.99. The zero-order valence-electron chi connectivity index (χ0n) is 3.82. The van der Waals surface area contributed by atoms with E-state index in [9.17, 15) is 0 Å². The van der Waals surface area contributed by atoms with Gasteiger partial charge in [0.2, 0.25) is 0 Å². The van der Waals surface area contributed by atoms with Crippen LogP contribution in [0.5, 0.6) is 0 Å². The molecule has 0 fully saturated rings. The molecule has 0 amide bonds. The van der Waals surface area contributed by atoms with E-state index < -0.39 is 0 Å². The maximum atomic E-state index is 3.53. The maximum absolute atomic E-state index is 3.53. The Bertz CT molecular complexity index is 39.0. The Labute approximate surface area is 63.4 Å². The van der Waals surface area contributed by atoms with Crippen LogP contribution in [0, 0.1) is 0 Å². The molecule has 0 aliphatic carbocycles. The largest absolute Gasteiger partial charge is 1.00 e. The van der Waals surface area contributed by atoms with Crippen molar-refractivity contribution < 1.29 is 24.8 Å². The van der Waals surface area contributed by atoms with Crippen molar-refractivity contribution in [3.63, 3.8) is 0 Å². The summed E-state index contributed by atoms with van der Waals surface area (Å²) in [5, 5.41) is 0. The molecule has 0 aliphatic heterocycles. The summed E-state index contributed by atoms with van der Waals surface area (Å²) in [5.41, 5.74) is 0. The first-order valence-electron chi connectivity index (χ1n) is 1.39. The van der Waals surface area contributed by atoms with Crippen LogP contribution < -0.4 is 24.8 Å². The molecule has 0 saturated carbocycles. The predicted molar refractivity (Wildman–Crippen MR) is 26.1 cm³/mol. The molecule has 0 aliphatic rings. The zero-order chi connectivity index (χ0) is 4.12. The number of hydrogen-bond acceptors (Lipinski definition) is 0. The first-order chi connectivity index (χ1) is 2.41. The summed E-state index contributed by atoms with van der Waals surface area (Å²) in [4.78, 5) is 3.88. The van der Waals surface area contributed by atoms with Gasteiger partial charge in [-0.1, -0.05) is 0 Å². The monoisotopic (exact) mass is 198 g/mol. The quantitative estimate of drug-likeness (QED) is 0.389. The topological polar surface area (TPSA) is 0 Å². The first-order valence-corrected chi connectivity index (χ1v) is 3.82. The molecule has 0 N–H and O–H groups in total. The molecule has 0 aromatic rings. The molecule has 0 rings (SSSR count). The summed E-state index contributed by atoms with van der Waals surface area (Å²) in [7, 11) is 0. The molecule has 0 aromatic heterocycles. The summed E-state index contributed by atoms with van der Waals surface area (Å²) in [5.74, 6) is 0. The standard InChI is InChI=1S/C4H6Ge.2ClH/c1-3-5-4-2;;/h3-4H,1-2H2;2*1H/q+2;;/p-2. The minimum absolute atomic E-state index is 0. The van der Waals surface area contributed by atoms with Gasteiger partial charge in [0, 0.05) is 0 Å². The van der Waals surface area contributed by atoms with Gasteiger partial charge in [0.1, 0.15) is 0 Å². The van der Waals surface area contributed by atoms with Gasteiger partial charge in [-0.15, -0.1) is 0 Å². The molecule has 40 valence electrons. The third-order valence-electron chi connectivity index (χ3n) is 0.236. The molecule has 0 saturated heterocycles. The van der Waals surface area contributed by atoms with Crippen molar-refractivity contribution in [1.29, 1.82) is 0 Å². The SMILES string of the molecule is C=[CH][Ge+2][CH]=C.[Cl-].[Cl-]. The van der Waals surface area contributed by atoms with Crippen LogP contribution in [0.1, 0.15) is 0 Å². The Morgan fingerprint density at radius 1 is 1.00 bits per heavy atom. The van der Waals surface area contributed by atoms with Crippen molar-refractivity contribution in [3.8, 4) is 0 Å². The van der Waals surface area contributed by atoms with Gasteiger partial charge in [-0.05, 0) is 0 Å². The average Bonchev–Trinajstić information content (AvgIpc) is 1.41. The molecule has 0 aromatic carbocycles. The number of rotatable bonds is 2. The molecule has 0 atom stereocenters. The molecule has 0 bridgehead atoms. The van der Waals surface area contributed by atoms with Crippen molar-refractivity contribution in [1.82, 2.24) is 0 Å². The van der Waals surface area contributed by atoms with E-state index in [2.05, 4.69) is 13.2 Å². The second kappa shape index (κ2) is 16.0. The van der Waals surface area contributed by atoms with E-state index in [4.69, 9.17) is 0 Å². The van der Waals surface area contributed by atoms with Crippen molar-refractivity contribution in [3.05, 3.63) is 23.0 Å². The summed E-state index contributed by atoms with van der Waals surface area (Å²) in [6.07, 6.45) is 0. The molecule has 0 nitrogen and oxygen atoms in total. The summed E-state index contributed by atoms with van der Waals surface area (Å²) in [6.45, 7) is 7.07. The molecule has 0 spiro atoms. The minimum atomic E-state index is 0. The summed E-state index contributed by atoms with van der Waals surface area (Å²) in [6, 6.07) is 0. The van der Waals surface area contributed by atoms with Gasteiger partial charge >= 0.3 is 38.4 Å². The average molecular weight is 198 g/mol. The zero-order valence-corrected chi connectivity index (χ0v) is 7.43. The van der Waals surface area contributed by atoms with Crippen LogP contribution in [0.3, 0.4) is 0 Å². The van der Waals surface area contributed by atoms with E-state index in [1.165, 1.54) is 0 Å². The molecular formula is C4H6Cl2Ge. The molecule has 0 heterocycles. The van der Waals surface area contributed by atoms with Crippen LogP contribution in [-0.2, 0) is 0 Å². The fraction of sp³-hybridized carbons (Fsp3) is 0. The van der Waals surface area contributed by atoms with Crippen molar-refractivity contribution >= 4 is 15.4 Å². The van der Waals surface area contributed by atoms with Gasteiger partial charge in [-0.3, -0.25) is 0 Å². The maximum Gasteiger partial charge on any atom is -1.00 e. The Balaban J connectivity index is -0.0000000800. The predicted octanol–water partition coefficient (Wildman–Crippen LogP) is -5.01. The van der Waals surface area contributed by atoms with E-state index in [1.54, 1.807) is 0 Å². The molecule has 0 radical (unpaired) electrons. The van der Waals surface area contributed by atoms with Crippen molar-refractivity contribution in [2.45, 2.75) is 0 Å². The Morgan fingerprint density at radius 2 is 1.29 bits per heavy atom. The first kappa shape index (κ1) is 15.6. The van der Waals surface area contributed by atoms with Gasteiger partial charge in [0.05, 0.1) is 0 Å².